The topological polar surface area (TPSA) is 44.8 Å². The number of hydrogen-bond acceptors (Lipinski definition) is 5. The summed E-state index contributed by atoms with van der Waals surface area (Å²) < 4.78 is 27.3. The summed E-state index contributed by atoms with van der Waals surface area (Å²) in [7, 11) is -3.53. The van der Waals surface area contributed by atoms with E-state index in [1.807, 2.05) is 30.3 Å². The normalized spacial score (nSPS) is 11.2. The highest BCUT2D eigenvalue weighted by Crippen LogP contribution is 2.53. The van der Waals surface area contributed by atoms with Gasteiger partial charge in [0.2, 0.25) is 0 Å². The Morgan fingerprint density at radius 3 is 2.28 bits per heavy atom. The molecule has 0 unspecified atom stereocenters. The van der Waals surface area contributed by atoms with Gasteiger partial charge in [0, 0.05) is 4.90 Å². The molecule has 0 spiro atoms. The summed E-state index contributed by atoms with van der Waals surface area (Å²) in [5, 5.41) is 0.284. The zero-order chi connectivity index (χ0) is 13.4. The summed E-state index contributed by atoms with van der Waals surface area (Å²) in [6.45, 7) is 7.66. The molecule has 0 N–H and O–H groups in total. The lowest BCUT2D eigenvalue weighted by atomic mass is 10.4. The van der Waals surface area contributed by atoms with Crippen molar-refractivity contribution in [1.82, 2.24) is 0 Å². The third-order valence-corrected chi connectivity index (χ3v) is 4.30. The fraction of sp³-hybridized carbons (Fsp3) is 0.333. The molecule has 100 valence electrons. The van der Waals surface area contributed by atoms with Gasteiger partial charge in [0.25, 0.3) is 0 Å². The van der Waals surface area contributed by atoms with E-state index in [9.17, 15) is 4.57 Å². The quantitative estimate of drug-likeness (QED) is 0.402. The fourth-order valence-corrected chi connectivity index (χ4v) is 3.21. The smallest absolute Gasteiger partial charge is 0.397 e. The van der Waals surface area contributed by atoms with Crippen molar-refractivity contribution < 1.29 is 18.1 Å². The van der Waals surface area contributed by atoms with Gasteiger partial charge in [0.1, 0.15) is 0 Å². The van der Waals surface area contributed by atoms with Gasteiger partial charge in [0.05, 0.1) is 13.2 Å². The zero-order valence-corrected chi connectivity index (χ0v) is 12.2. The third kappa shape index (κ3) is 5.27. The Balaban J connectivity index is 2.59. The van der Waals surface area contributed by atoms with Crippen molar-refractivity contribution >= 4 is 19.6 Å². The lowest BCUT2D eigenvalue weighted by Crippen LogP contribution is -1.98. The van der Waals surface area contributed by atoms with Crippen molar-refractivity contribution in [3.05, 3.63) is 42.0 Å². The SMILES string of the molecule is C=C(OP(=O)(OCC)OCC)Sc1ccccc1. The molecular weight excluding hydrogens is 271 g/mol. The highest BCUT2D eigenvalue weighted by Gasteiger charge is 2.27. The first-order chi connectivity index (χ1) is 8.59. The summed E-state index contributed by atoms with van der Waals surface area (Å²) >= 11 is 1.27. The van der Waals surface area contributed by atoms with E-state index < -0.39 is 7.82 Å². The number of benzene rings is 1. The first-order valence-corrected chi connectivity index (χ1v) is 7.88. The molecule has 0 atom stereocenters. The molecule has 4 nitrogen and oxygen atoms in total. The van der Waals surface area contributed by atoms with Gasteiger partial charge >= 0.3 is 7.82 Å². The van der Waals surface area contributed by atoms with Crippen LogP contribution in [0.2, 0.25) is 0 Å². The van der Waals surface area contributed by atoms with Gasteiger partial charge in [-0.2, -0.15) is 0 Å². The summed E-state index contributed by atoms with van der Waals surface area (Å²) in [5.41, 5.74) is 0. The minimum Gasteiger partial charge on any atom is -0.397 e. The molecule has 0 aliphatic heterocycles. The van der Waals surface area contributed by atoms with Crippen LogP contribution >= 0.6 is 19.6 Å². The van der Waals surface area contributed by atoms with Crippen molar-refractivity contribution in [1.29, 1.82) is 0 Å². The van der Waals surface area contributed by atoms with E-state index in [4.69, 9.17) is 13.6 Å². The van der Waals surface area contributed by atoms with Crippen molar-refractivity contribution in [2.75, 3.05) is 13.2 Å². The number of hydrogen-bond donors (Lipinski definition) is 0. The average molecular weight is 288 g/mol. The zero-order valence-electron chi connectivity index (χ0n) is 10.5. The van der Waals surface area contributed by atoms with Crippen molar-refractivity contribution in [3.63, 3.8) is 0 Å². The predicted molar refractivity (Wildman–Crippen MR) is 73.4 cm³/mol. The van der Waals surface area contributed by atoms with Crippen molar-refractivity contribution in [3.8, 4) is 0 Å². The maximum atomic E-state index is 12.1. The molecule has 0 radical (unpaired) electrons. The van der Waals surface area contributed by atoms with E-state index in [-0.39, 0.29) is 18.3 Å². The Hall–Kier alpha value is -0.740. The molecule has 1 aromatic rings. The van der Waals surface area contributed by atoms with Gasteiger partial charge in [-0.3, -0.25) is 9.05 Å². The van der Waals surface area contributed by atoms with Crippen LogP contribution in [0, 0.1) is 0 Å². The van der Waals surface area contributed by atoms with Gasteiger partial charge in [-0.25, -0.2) is 4.57 Å². The monoisotopic (exact) mass is 288 g/mol. The number of thioether (sulfide) groups is 1. The Morgan fingerprint density at radius 2 is 1.78 bits per heavy atom. The minimum absolute atomic E-state index is 0.251. The second-order valence-electron chi connectivity index (χ2n) is 3.16. The molecule has 0 aliphatic rings. The van der Waals surface area contributed by atoms with Crippen LogP contribution in [-0.2, 0) is 18.1 Å². The highest BCUT2D eigenvalue weighted by atomic mass is 32.2. The minimum atomic E-state index is -3.53. The first-order valence-electron chi connectivity index (χ1n) is 5.60. The van der Waals surface area contributed by atoms with E-state index in [0.717, 1.165) is 4.90 Å². The van der Waals surface area contributed by atoms with Crippen molar-refractivity contribution in [2.24, 2.45) is 0 Å². The lowest BCUT2D eigenvalue weighted by molar-refractivity contribution is 0.151. The summed E-state index contributed by atoms with van der Waals surface area (Å²) in [6.07, 6.45) is 0. The Morgan fingerprint density at radius 1 is 1.22 bits per heavy atom. The van der Waals surface area contributed by atoms with E-state index in [1.165, 1.54) is 11.8 Å². The van der Waals surface area contributed by atoms with Crippen LogP contribution in [-0.4, -0.2) is 13.2 Å². The van der Waals surface area contributed by atoms with E-state index in [2.05, 4.69) is 6.58 Å². The molecule has 0 aromatic heterocycles. The molecule has 0 aliphatic carbocycles. The largest absolute Gasteiger partial charge is 0.530 e. The molecule has 0 heterocycles. The number of rotatable bonds is 8. The standard InChI is InChI=1S/C12H17O4PS/c1-4-14-17(13,15-5-2)16-11(3)18-12-9-7-6-8-10-12/h6-10H,3-5H2,1-2H3. The second kappa shape index (κ2) is 7.64. The summed E-state index contributed by atoms with van der Waals surface area (Å²) in [4.78, 5) is 0.946. The van der Waals surface area contributed by atoms with Crippen LogP contribution in [0.3, 0.4) is 0 Å². The molecule has 6 heteroatoms. The van der Waals surface area contributed by atoms with E-state index in [0.29, 0.717) is 0 Å². The molecular formula is C12H17O4PS. The van der Waals surface area contributed by atoms with Crippen LogP contribution in [0.25, 0.3) is 0 Å². The van der Waals surface area contributed by atoms with Crippen molar-refractivity contribution in [2.45, 2.75) is 18.7 Å². The van der Waals surface area contributed by atoms with Crippen LogP contribution in [0.1, 0.15) is 13.8 Å². The van der Waals surface area contributed by atoms with Gasteiger partial charge in [-0.1, -0.05) is 30.0 Å². The molecule has 0 bridgehead atoms. The molecule has 18 heavy (non-hydrogen) atoms. The summed E-state index contributed by atoms with van der Waals surface area (Å²) in [6, 6.07) is 9.54. The van der Waals surface area contributed by atoms with Crippen LogP contribution in [0.15, 0.2) is 46.9 Å². The van der Waals surface area contributed by atoms with Crippen LogP contribution in [0.5, 0.6) is 0 Å². The van der Waals surface area contributed by atoms with E-state index in [1.54, 1.807) is 13.8 Å². The maximum Gasteiger partial charge on any atom is 0.530 e. The van der Waals surface area contributed by atoms with Gasteiger partial charge in [0.15, 0.2) is 5.09 Å². The van der Waals surface area contributed by atoms with Crippen LogP contribution in [0.4, 0.5) is 0 Å². The summed E-state index contributed by atoms with van der Waals surface area (Å²) in [5.74, 6) is 0. The highest BCUT2D eigenvalue weighted by molar-refractivity contribution is 8.03. The Bertz CT molecular complexity index is 411. The van der Waals surface area contributed by atoms with Gasteiger partial charge in [-0.05, 0) is 32.6 Å². The Labute approximate surface area is 112 Å². The predicted octanol–water partition coefficient (Wildman–Crippen LogP) is 4.45. The Kier molecular flexibility index (Phi) is 6.50. The number of phosphoric ester groups is 1. The first kappa shape index (κ1) is 15.3. The molecule has 0 saturated carbocycles. The lowest BCUT2D eigenvalue weighted by Gasteiger charge is -2.17. The molecule has 0 fully saturated rings. The average Bonchev–Trinajstić information content (AvgIpc) is 2.30. The van der Waals surface area contributed by atoms with E-state index >= 15 is 0 Å². The van der Waals surface area contributed by atoms with Gasteiger partial charge < -0.3 is 4.52 Å². The fourth-order valence-electron chi connectivity index (χ4n) is 1.17. The molecule has 0 amide bonds. The molecule has 0 saturated heterocycles. The molecule has 1 aromatic carbocycles. The maximum absolute atomic E-state index is 12.1. The third-order valence-electron chi connectivity index (χ3n) is 1.76. The molecule has 1 rings (SSSR count). The second-order valence-corrected chi connectivity index (χ2v) is 5.89. The van der Waals surface area contributed by atoms with Gasteiger partial charge in [-0.15, -0.1) is 0 Å². The van der Waals surface area contributed by atoms with Crippen LogP contribution < -0.4 is 0 Å². The number of phosphoric acid groups is 1.